The van der Waals surface area contributed by atoms with Gasteiger partial charge in [0.15, 0.2) is 0 Å². The minimum absolute atomic E-state index is 0.108. The van der Waals surface area contributed by atoms with Gasteiger partial charge in [0.05, 0.1) is 18.8 Å². The summed E-state index contributed by atoms with van der Waals surface area (Å²) in [5.41, 5.74) is 2.89. The molecular weight excluding hydrogens is 434 g/mol. The molecular formula is C26H31N3O5. The molecule has 1 aliphatic rings. The molecule has 4 rings (SSSR count). The van der Waals surface area contributed by atoms with Gasteiger partial charge in [0.1, 0.15) is 5.75 Å². The van der Waals surface area contributed by atoms with Crippen molar-refractivity contribution in [3.8, 4) is 23.0 Å². The summed E-state index contributed by atoms with van der Waals surface area (Å²) in [6.07, 6.45) is 8.66. The highest BCUT2D eigenvalue weighted by Crippen LogP contribution is 2.29. The summed E-state index contributed by atoms with van der Waals surface area (Å²) in [6.45, 7) is 3.04. The van der Waals surface area contributed by atoms with Crippen molar-refractivity contribution in [1.82, 2.24) is 15.1 Å². The van der Waals surface area contributed by atoms with E-state index in [4.69, 9.17) is 19.1 Å². The van der Waals surface area contributed by atoms with Gasteiger partial charge in [0.2, 0.25) is 17.6 Å². The van der Waals surface area contributed by atoms with Crippen molar-refractivity contribution in [2.24, 2.45) is 5.92 Å². The quantitative estimate of drug-likeness (QED) is 0.371. The van der Waals surface area contributed by atoms with Crippen molar-refractivity contribution in [3.63, 3.8) is 0 Å². The van der Waals surface area contributed by atoms with E-state index in [1.165, 1.54) is 25.7 Å². The van der Waals surface area contributed by atoms with Crippen LogP contribution in [0.1, 0.15) is 55.5 Å². The van der Waals surface area contributed by atoms with Gasteiger partial charge in [-0.15, -0.1) is 0 Å². The van der Waals surface area contributed by atoms with E-state index < -0.39 is 5.97 Å². The molecule has 34 heavy (non-hydrogen) atoms. The standard InChI is InChI=1S/C26H31N3O5/c1-18-16-19(10-12-22(18)32-15-5-9-24(30)31)11-13-23-28-25(29-34-23)21-8-4-14-27-26(21)33-17-20-6-2-3-7-20/h4,8,10,12,14,16,20H,2-3,5-7,9,11,13,15,17H2,1H3,(H,30,31). The highest BCUT2D eigenvalue weighted by atomic mass is 16.5. The highest BCUT2D eigenvalue weighted by molar-refractivity contribution is 5.66. The Morgan fingerprint density at radius 2 is 2.03 bits per heavy atom. The number of hydrogen-bond donors (Lipinski definition) is 1. The summed E-state index contributed by atoms with van der Waals surface area (Å²) < 4.78 is 17.2. The van der Waals surface area contributed by atoms with Crippen LogP contribution in [-0.2, 0) is 17.6 Å². The SMILES string of the molecule is Cc1cc(CCc2nc(-c3cccnc3OCC3CCCC3)no2)ccc1OCCCC(=O)O. The zero-order valence-electron chi connectivity index (χ0n) is 19.5. The second kappa shape index (κ2) is 11.6. The van der Waals surface area contributed by atoms with Gasteiger partial charge in [-0.1, -0.05) is 30.1 Å². The van der Waals surface area contributed by atoms with Crippen LogP contribution in [0.2, 0.25) is 0 Å². The van der Waals surface area contributed by atoms with Crippen LogP contribution < -0.4 is 9.47 Å². The lowest BCUT2D eigenvalue weighted by molar-refractivity contribution is -0.137. The smallest absolute Gasteiger partial charge is 0.303 e. The first-order valence-corrected chi connectivity index (χ1v) is 11.9. The molecule has 0 amide bonds. The van der Waals surface area contributed by atoms with Gasteiger partial charge in [-0.3, -0.25) is 4.79 Å². The number of rotatable bonds is 12. The summed E-state index contributed by atoms with van der Waals surface area (Å²) in [4.78, 5) is 19.6. The molecule has 0 aliphatic heterocycles. The molecule has 1 aromatic carbocycles. The topological polar surface area (TPSA) is 108 Å². The van der Waals surface area contributed by atoms with Gasteiger partial charge in [0.25, 0.3) is 0 Å². The Hall–Kier alpha value is -3.42. The molecule has 180 valence electrons. The van der Waals surface area contributed by atoms with Crippen molar-refractivity contribution >= 4 is 5.97 Å². The van der Waals surface area contributed by atoms with Gasteiger partial charge in [-0.05, 0) is 67.9 Å². The van der Waals surface area contributed by atoms with Crippen LogP contribution in [0.4, 0.5) is 0 Å². The van der Waals surface area contributed by atoms with Crippen molar-refractivity contribution in [2.75, 3.05) is 13.2 Å². The third-order valence-electron chi connectivity index (χ3n) is 6.07. The molecule has 2 aromatic heterocycles. The van der Waals surface area contributed by atoms with Crippen molar-refractivity contribution in [3.05, 3.63) is 53.5 Å². The second-order valence-corrected chi connectivity index (χ2v) is 8.77. The Bertz CT molecular complexity index is 1090. The fourth-order valence-corrected chi connectivity index (χ4v) is 4.20. The number of carboxylic acid groups (broad SMARTS) is 1. The van der Waals surface area contributed by atoms with E-state index in [0.29, 0.717) is 49.6 Å². The maximum atomic E-state index is 10.6. The number of aliphatic carboxylic acids is 1. The normalized spacial score (nSPS) is 13.8. The summed E-state index contributed by atoms with van der Waals surface area (Å²) in [6, 6.07) is 9.76. The highest BCUT2D eigenvalue weighted by Gasteiger charge is 2.19. The van der Waals surface area contributed by atoms with Crippen LogP contribution in [0.15, 0.2) is 41.1 Å². The molecule has 0 saturated heterocycles. The minimum atomic E-state index is -0.809. The van der Waals surface area contributed by atoms with E-state index in [2.05, 4.69) is 21.2 Å². The minimum Gasteiger partial charge on any atom is -0.493 e. The average molecular weight is 466 g/mol. The molecule has 8 nitrogen and oxygen atoms in total. The summed E-state index contributed by atoms with van der Waals surface area (Å²) in [5.74, 6) is 2.17. The van der Waals surface area contributed by atoms with Gasteiger partial charge < -0.3 is 19.1 Å². The molecule has 8 heteroatoms. The molecule has 0 radical (unpaired) electrons. The number of carbonyl (C=O) groups is 1. The third-order valence-corrected chi connectivity index (χ3v) is 6.07. The molecule has 1 aliphatic carbocycles. The molecule has 0 atom stereocenters. The van der Waals surface area contributed by atoms with E-state index in [1.807, 2.05) is 31.2 Å². The van der Waals surface area contributed by atoms with Crippen LogP contribution in [0, 0.1) is 12.8 Å². The molecule has 0 spiro atoms. The van der Waals surface area contributed by atoms with Crippen molar-refractivity contribution in [2.45, 2.75) is 58.3 Å². The van der Waals surface area contributed by atoms with E-state index in [0.717, 1.165) is 28.9 Å². The van der Waals surface area contributed by atoms with E-state index >= 15 is 0 Å². The molecule has 1 N–H and O–H groups in total. The van der Waals surface area contributed by atoms with Crippen LogP contribution in [0.25, 0.3) is 11.4 Å². The van der Waals surface area contributed by atoms with Gasteiger partial charge >= 0.3 is 5.97 Å². The Balaban J connectivity index is 1.32. The molecule has 1 fully saturated rings. The fourth-order valence-electron chi connectivity index (χ4n) is 4.20. The number of pyridine rings is 1. The van der Waals surface area contributed by atoms with Gasteiger partial charge in [-0.2, -0.15) is 4.98 Å². The van der Waals surface area contributed by atoms with E-state index in [1.54, 1.807) is 6.20 Å². The maximum absolute atomic E-state index is 10.6. The number of benzene rings is 1. The monoisotopic (exact) mass is 465 g/mol. The predicted octanol–water partition coefficient (Wildman–Crippen LogP) is 5.04. The zero-order valence-corrected chi connectivity index (χ0v) is 19.5. The third kappa shape index (κ3) is 6.56. The van der Waals surface area contributed by atoms with Crippen LogP contribution in [-0.4, -0.2) is 39.4 Å². The number of aryl methyl sites for hydroxylation is 3. The summed E-state index contributed by atoms with van der Waals surface area (Å²) in [7, 11) is 0. The first-order valence-electron chi connectivity index (χ1n) is 11.9. The summed E-state index contributed by atoms with van der Waals surface area (Å²) in [5, 5.41) is 12.9. The number of hydrogen-bond acceptors (Lipinski definition) is 7. The number of aromatic nitrogens is 3. The fraction of sp³-hybridized carbons (Fsp3) is 0.462. The predicted molar refractivity (Wildman–Crippen MR) is 126 cm³/mol. The lowest BCUT2D eigenvalue weighted by Crippen LogP contribution is -2.09. The number of nitrogens with zero attached hydrogens (tertiary/aromatic N) is 3. The maximum Gasteiger partial charge on any atom is 0.303 e. The zero-order chi connectivity index (χ0) is 23.8. The number of ether oxygens (including phenoxy) is 2. The number of carboxylic acids is 1. The molecule has 0 unspecified atom stereocenters. The van der Waals surface area contributed by atoms with Crippen LogP contribution >= 0.6 is 0 Å². The Kier molecular flexibility index (Phi) is 8.12. The molecule has 0 bridgehead atoms. The average Bonchev–Trinajstić information content (AvgIpc) is 3.52. The molecule has 2 heterocycles. The Labute approximate surface area is 199 Å². The first-order chi connectivity index (χ1) is 16.6. The van der Waals surface area contributed by atoms with Crippen LogP contribution in [0.5, 0.6) is 11.6 Å². The lowest BCUT2D eigenvalue weighted by atomic mass is 10.1. The first kappa shape index (κ1) is 23.7. The largest absolute Gasteiger partial charge is 0.493 e. The second-order valence-electron chi connectivity index (χ2n) is 8.77. The van der Waals surface area contributed by atoms with Crippen LogP contribution in [0.3, 0.4) is 0 Å². The molecule has 1 saturated carbocycles. The van der Waals surface area contributed by atoms with Crippen molar-refractivity contribution in [1.29, 1.82) is 0 Å². The Morgan fingerprint density at radius 1 is 1.18 bits per heavy atom. The van der Waals surface area contributed by atoms with E-state index in [-0.39, 0.29) is 6.42 Å². The Morgan fingerprint density at radius 3 is 2.82 bits per heavy atom. The van der Waals surface area contributed by atoms with E-state index in [9.17, 15) is 4.79 Å². The van der Waals surface area contributed by atoms with Crippen molar-refractivity contribution < 1.29 is 23.9 Å². The van der Waals surface area contributed by atoms with Gasteiger partial charge in [0, 0.05) is 19.0 Å². The van der Waals surface area contributed by atoms with Gasteiger partial charge in [-0.25, -0.2) is 4.98 Å². The summed E-state index contributed by atoms with van der Waals surface area (Å²) >= 11 is 0. The molecule has 3 aromatic rings. The lowest BCUT2D eigenvalue weighted by Gasteiger charge is -2.12.